The molecule has 90 valence electrons. The predicted molar refractivity (Wildman–Crippen MR) is 69.1 cm³/mol. The lowest BCUT2D eigenvalue weighted by Crippen LogP contribution is -2.07. The molecule has 2 aromatic rings. The molecular weight excluding hydrogens is 256 g/mol. The number of thiazole rings is 1. The van der Waals surface area contributed by atoms with E-state index in [2.05, 4.69) is 15.2 Å². The number of hydrogen-bond donors (Lipinski definition) is 1. The van der Waals surface area contributed by atoms with Crippen LogP contribution in [0.4, 0.5) is 5.13 Å². The van der Waals surface area contributed by atoms with Crippen molar-refractivity contribution < 1.29 is 4.42 Å². The molecule has 2 aromatic heterocycles. The molecule has 2 heterocycles. The Morgan fingerprint density at radius 2 is 2.24 bits per heavy atom. The van der Waals surface area contributed by atoms with Crippen LogP contribution in [-0.2, 0) is 0 Å². The number of aromatic amines is 1. The maximum absolute atomic E-state index is 5.38. The van der Waals surface area contributed by atoms with Crippen LogP contribution in [0.15, 0.2) is 4.42 Å². The van der Waals surface area contributed by atoms with Crippen LogP contribution >= 0.6 is 23.6 Å². The van der Waals surface area contributed by atoms with Gasteiger partial charge in [0.2, 0.25) is 0 Å². The quantitative estimate of drug-likeness (QED) is 0.867. The minimum atomic E-state index is 0.307. The van der Waals surface area contributed by atoms with Gasteiger partial charge in [-0.25, -0.2) is 10.1 Å². The fraction of sp³-hybridized carbons (Fsp3) is 0.500. The van der Waals surface area contributed by atoms with Crippen LogP contribution in [-0.4, -0.2) is 29.3 Å². The van der Waals surface area contributed by atoms with Crippen molar-refractivity contribution in [1.29, 1.82) is 0 Å². The van der Waals surface area contributed by atoms with E-state index in [4.69, 9.17) is 16.6 Å². The van der Waals surface area contributed by atoms with E-state index in [1.807, 2.05) is 19.0 Å². The summed E-state index contributed by atoms with van der Waals surface area (Å²) in [5, 5.41) is 7.72. The highest BCUT2D eigenvalue weighted by atomic mass is 32.1. The molecule has 0 aliphatic heterocycles. The Bertz CT molecular complexity index is 593. The van der Waals surface area contributed by atoms with Crippen LogP contribution in [0.1, 0.15) is 24.5 Å². The number of nitrogens with zero attached hydrogens (tertiary/aromatic N) is 3. The molecule has 5 nitrogen and oxygen atoms in total. The third kappa shape index (κ3) is 2.00. The fourth-order valence-corrected chi connectivity index (χ4v) is 2.75. The van der Waals surface area contributed by atoms with Gasteiger partial charge in [-0.15, -0.1) is 5.10 Å². The minimum absolute atomic E-state index is 0.307. The lowest BCUT2D eigenvalue weighted by molar-refractivity contribution is 0.552. The van der Waals surface area contributed by atoms with Gasteiger partial charge in [0.15, 0.2) is 5.13 Å². The number of anilines is 1. The third-order valence-corrected chi connectivity index (χ3v) is 4.02. The normalized spacial score (nSPS) is 15.2. The first-order chi connectivity index (χ1) is 8.15. The molecule has 0 unspecified atom stereocenters. The maximum Gasteiger partial charge on any atom is 0.284 e. The Kier molecular flexibility index (Phi) is 2.52. The molecule has 0 saturated heterocycles. The number of H-pyrrole nitrogens is 1. The Balaban J connectivity index is 2.10. The molecule has 1 aliphatic rings. The Morgan fingerprint density at radius 1 is 1.47 bits per heavy atom. The smallest absolute Gasteiger partial charge is 0.284 e. The van der Waals surface area contributed by atoms with E-state index in [9.17, 15) is 0 Å². The van der Waals surface area contributed by atoms with Gasteiger partial charge in [-0.1, -0.05) is 11.3 Å². The lowest BCUT2D eigenvalue weighted by Gasteiger charge is -2.05. The van der Waals surface area contributed by atoms with Gasteiger partial charge in [-0.3, -0.25) is 0 Å². The molecule has 0 aromatic carbocycles. The van der Waals surface area contributed by atoms with E-state index in [-0.39, 0.29) is 0 Å². The zero-order chi connectivity index (χ0) is 12.0. The van der Waals surface area contributed by atoms with Crippen LogP contribution in [0.3, 0.4) is 0 Å². The van der Waals surface area contributed by atoms with Crippen LogP contribution in [0, 0.1) is 4.84 Å². The van der Waals surface area contributed by atoms with Crippen molar-refractivity contribution in [2.24, 2.45) is 0 Å². The van der Waals surface area contributed by atoms with Gasteiger partial charge in [-0.05, 0) is 25.1 Å². The maximum atomic E-state index is 5.38. The van der Waals surface area contributed by atoms with Gasteiger partial charge in [0.25, 0.3) is 10.7 Å². The number of hydrogen-bond acceptors (Lipinski definition) is 6. The molecule has 17 heavy (non-hydrogen) atoms. The minimum Gasteiger partial charge on any atom is -0.408 e. The third-order valence-electron chi connectivity index (χ3n) is 2.62. The molecule has 0 atom stereocenters. The first kappa shape index (κ1) is 10.9. The summed E-state index contributed by atoms with van der Waals surface area (Å²) in [4.78, 5) is 7.97. The van der Waals surface area contributed by atoms with Crippen molar-refractivity contribution in [3.8, 4) is 10.8 Å². The molecule has 1 fully saturated rings. The summed E-state index contributed by atoms with van der Waals surface area (Å²) in [6.45, 7) is 0. The summed E-state index contributed by atoms with van der Waals surface area (Å²) >= 11 is 6.50. The summed E-state index contributed by atoms with van der Waals surface area (Å²) in [6.07, 6.45) is 2.41. The summed E-state index contributed by atoms with van der Waals surface area (Å²) in [5.41, 5.74) is 1.10. The van der Waals surface area contributed by atoms with Crippen LogP contribution in [0.5, 0.6) is 0 Å². The fourth-order valence-electron chi connectivity index (χ4n) is 1.63. The first-order valence-electron chi connectivity index (χ1n) is 5.39. The number of nitrogens with one attached hydrogen (secondary N) is 1. The summed E-state index contributed by atoms with van der Waals surface area (Å²) in [7, 11) is 3.97. The second-order valence-corrected chi connectivity index (χ2v) is 5.65. The summed E-state index contributed by atoms with van der Waals surface area (Å²) in [6, 6.07) is 0. The standard InChI is InChI=1S/C10H12N4OS2/c1-14(2)9-11-6(5-3-4-5)7(17-9)8-12-13-10(16)15-8/h5H,3-4H2,1-2H3,(H,13,16). The van der Waals surface area contributed by atoms with Gasteiger partial charge in [-0.2, -0.15) is 0 Å². The van der Waals surface area contributed by atoms with Gasteiger partial charge in [0.1, 0.15) is 4.88 Å². The van der Waals surface area contributed by atoms with Gasteiger partial charge < -0.3 is 9.32 Å². The van der Waals surface area contributed by atoms with E-state index in [1.165, 1.54) is 12.8 Å². The van der Waals surface area contributed by atoms with E-state index >= 15 is 0 Å². The Hall–Kier alpha value is -1.21. The molecule has 1 saturated carbocycles. The molecule has 7 heteroatoms. The zero-order valence-electron chi connectivity index (χ0n) is 9.56. The molecular formula is C10H12N4OS2. The van der Waals surface area contributed by atoms with Crippen LogP contribution in [0.25, 0.3) is 10.8 Å². The molecule has 3 rings (SSSR count). The van der Waals surface area contributed by atoms with Gasteiger partial charge >= 0.3 is 0 Å². The molecule has 1 N–H and O–H groups in total. The Morgan fingerprint density at radius 3 is 2.76 bits per heavy atom. The molecule has 0 radical (unpaired) electrons. The van der Waals surface area contributed by atoms with Crippen molar-refractivity contribution in [2.45, 2.75) is 18.8 Å². The second-order valence-electron chi connectivity index (χ2n) is 4.30. The van der Waals surface area contributed by atoms with Crippen molar-refractivity contribution >= 4 is 28.7 Å². The van der Waals surface area contributed by atoms with Crippen molar-refractivity contribution in [2.75, 3.05) is 19.0 Å². The largest absolute Gasteiger partial charge is 0.408 e. The first-order valence-corrected chi connectivity index (χ1v) is 6.61. The number of aromatic nitrogens is 3. The summed E-state index contributed by atoms with van der Waals surface area (Å²) < 4.78 is 5.38. The highest BCUT2D eigenvalue weighted by Gasteiger charge is 2.32. The lowest BCUT2D eigenvalue weighted by atomic mass is 10.2. The van der Waals surface area contributed by atoms with Gasteiger partial charge in [0.05, 0.1) is 5.69 Å². The molecule has 0 bridgehead atoms. The van der Waals surface area contributed by atoms with Gasteiger partial charge in [0, 0.05) is 20.0 Å². The molecule has 0 spiro atoms. The topological polar surface area (TPSA) is 58.0 Å². The average molecular weight is 268 g/mol. The highest BCUT2D eigenvalue weighted by Crippen LogP contribution is 2.47. The predicted octanol–water partition coefficient (Wildman–Crippen LogP) is 2.80. The van der Waals surface area contributed by atoms with Crippen molar-refractivity contribution in [3.05, 3.63) is 10.5 Å². The molecule has 1 aliphatic carbocycles. The highest BCUT2D eigenvalue weighted by molar-refractivity contribution is 7.71. The van der Waals surface area contributed by atoms with E-state index in [0.717, 1.165) is 15.7 Å². The SMILES string of the molecule is CN(C)c1nc(C2CC2)c(-c2n[nH]c(=S)o2)s1. The monoisotopic (exact) mass is 268 g/mol. The van der Waals surface area contributed by atoms with Crippen molar-refractivity contribution in [3.63, 3.8) is 0 Å². The van der Waals surface area contributed by atoms with Crippen LogP contribution < -0.4 is 4.90 Å². The Labute approximate surface area is 107 Å². The zero-order valence-corrected chi connectivity index (χ0v) is 11.2. The average Bonchev–Trinajstić information content (AvgIpc) is 2.88. The number of rotatable bonds is 3. The van der Waals surface area contributed by atoms with E-state index in [0.29, 0.717) is 16.6 Å². The van der Waals surface area contributed by atoms with E-state index in [1.54, 1.807) is 11.3 Å². The summed E-state index contributed by atoms with van der Waals surface area (Å²) in [5.74, 6) is 1.12. The van der Waals surface area contributed by atoms with E-state index < -0.39 is 0 Å². The second kappa shape index (κ2) is 3.92. The molecule has 0 amide bonds. The van der Waals surface area contributed by atoms with Crippen molar-refractivity contribution in [1.82, 2.24) is 15.2 Å². The van der Waals surface area contributed by atoms with Crippen LogP contribution in [0.2, 0.25) is 0 Å².